The molecule has 0 aliphatic carbocycles. The predicted molar refractivity (Wildman–Crippen MR) is 129 cm³/mol. The lowest BCUT2D eigenvalue weighted by atomic mass is 9.80. The van der Waals surface area contributed by atoms with Gasteiger partial charge in [0.1, 0.15) is 11.4 Å². The highest BCUT2D eigenvalue weighted by atomic mass is 32.2. The Morgan fingerprint density at radius 1 is 0.844 bits per heavy atom. The van der Waals surface area contributed by atoms with Gasteiger partial charge in [-0.25, -0.2) is 8.42 Å². The third-order valence-corrected chi connectivity index (χ3v) is 7.74. The number of phenolic OH excluding ortho intramolecular Hbond substituents is 1. The monoisotopic (exact) mass is 457 g/mol. The molecule has 3 rings (SSSR count). The average molecular weight is 458 g/mol. The number of hydrogen-bond acceptors (Lipinski definition) is 5. The van der Waals surface area contributed by atoms with Crippen LogP contribution < -0.4 is 0 Å². The molecule has 174 valence electrons. The molecular weight excluding hydrogens is 422 g/mol. The molecule has 32 heavy (non-hydrogen) atoms. The van der Waals surface area contributed by atoms with E-state index in [1.54, 1.807) is 28.6 Å². The van der Waals surface area contributed by atoms with E-state index in [9.17, 15) is 13.5 Å². The summed E-state index contributed by atoms with van der Waals surface area (Å²) in [5, 5.41) is 19.4. The zero-order valence-corrected chi connectivity index (χ0v) is 20.8. The summed E-state index contributed by atoms with van der Waals surface area (Å²) in [5.41, 5.74) is 2.47. The first kappa shape index (κ1) is 24.4. The maximum absolute atomic E-state index is 12.8. The van der Waals surface area contributed by atoms with Crippen molar-refractivity contribution in [2.45, 2.75) is 76.5 Å². The Bertz CT molecular complexity index is 1090. The molecule has 0 unspecified atom stereocenters. The minimum Gasteiger partial charge on any atom is -0.505 e. The number of phenols is 1. The lowest BCUT2D eigenvalue weighted by molar-refractivity contribution is 0.346. The van der Waals surface area contributed by atoms with Gasteiger partial charge < -0.3 is 5.11 Å². The van der Waals surface area contributed by atoms with Gasteiger partial charge in [0.05, 0.1) is 10.6 Å². The van der Waals surface area contributed by atoms with Gasteiger partial charge in [-0.2, -0.15) is 9.42 Å². The Balaban J connectivity index is 1.91. The molecular formula is C25H35N3O3S. The highest BCUT2D eigenvalue weighted by molar-refractivity contribution is 7.89. The van der Waals surface area contributed by atoms with Crippen LogP contribution in [-0.2, 0) is 20.9 Å². The summed E-state index contributed by atoms with van der Waals surface area (Å²) in [6, 6.07) is 10.3. The van der Waals surface area contributed by atoms with Crippen molar-refractivity contribution in [3.05, 3.63) is 47.5 Å². The van der Waals surface area contributed by atoms with E-state index in [1.807, 2.05) is 12.1 Å². The second-order valence-electron chi connectivity index (χ2n) is 10.6. The van der Waals surface area contributed by atoms with Crippen molar-refractivity contribution in [3.63, 3.8) is 0 Å². The molecule has 1 N–H and O–H groups in total. The lowest BCUT2D eigenvalue weighted by Crippen LogP contribution is -2.35. The predicted octanol–water partition coefficient (Wildman–Crippen LogP) is 6.58. The van der Waals surface area contributed by atoms with Crippen LogP contribution in [0, 0.1) is 0 Å². The summed E-state index contributed by atoms with van der Waals surface area (Å²) in [6.45, 7) is 13.7. The average Bonchev–Trinajstić information content (AvgIpc) is 2.72. The van der Waals surface area contributed by atoms with Crippen molar-refractivity contribution in [3.8, 4) is 5.75 Å². The van der Waals surface area contributed by atoms with Crippen LogP contribution in [0.15, 0.2) is 51.5 Å². The van der Waals surface area contributed by atoms with E-state index in [4.69, 9.17) is 0 Å². The Morgan fingerprint density at radius 3 is 1.97 bits per heavy atom. The molecule has 2 aromatic carbocycles. The summed E-state index contributed by atoms with van der Waals surface area (Å²) in [6.07, 6.45) is 2.88. The van der Waals surface area contributed by atoms with E-state index in [0.717, 1.165) is 30.4 Å². The molecule has 0 atom stereocenters. The van der Waals surface area contributed by atoms with Crippen molar-refractivity contribution in [2.24, 2.45) is 10.2 Å². The minimum absolute atomic E-state index is 0.109. The number of hydrogen-bond donors (Lipinski definition) is 1. The summed E-state index contributed by atoms with van der Waals surface area (Å²) in [4.78, 5) is 0.269. The number of nitrogens with zero attached hydrogens (tertiary/aromatic N) is 3. The van der Waals surface area contributed by atoms with Gasteiger partial charge in [-0.15, -0.1) is 5.11 Å². The number of aromatic hydroxyl groups is 1. The van der Waals surface area contributed by atoms with Crippen molar-refractivity contribution in [2.75, 3.05) is 13.1 Å². The highest BCUT2D eigenvalue weighted by Gasteiger charge is 2.26. The fourth-order valence-electron chi connectivity index (χ4n) is 3.75. The topological polar surface area (TPSA) is 82.3 Å². The standard InChI is InChI=1S/C25H35N3O3S/c1-24(2,3)18-16-21(25(4,5)6)23(29)22(17-18)27-26-19-10-12-20(13-11-19)32(30,31)28-14-8-7-9-15-28/h10-13,16-17,29H,7-9,14-15H2,1-6H3. The highest BCUT2D eigenvalue weighted by Crippen LogP contribution is 2.42. The van der Waals surface area contributed by atoms with Gasteiger partial charge in [0.25, 0.3) is 0 Å². The van der Waals surface area contributed by atoms with Crippen LogP contribution in [0.4, 0.5) is 11.4 Å². The zero-order valence-electron chi connectivity index (χ0n) is 20.0. The van der Waals surface area contributed by atoms with Crippen LogP contribution in [-0.4, -0.2) is 30.9 Å². The molecule has 0 saturated carbocycles. The van der Waals surface area contributed by atoms with E-state index in [-0.39, 0.29) is 21.5 Å². The van der Waals surface area contributed by atoms with Gasteiger partial charge in [0.2, 0.25) is 10.0 Å². The van der Waals surface area contributed by atoms with E-state index >= 15 is 0 Å². The number of benzene rings is 2. The third-order valence-electron chi connectivity index (χ3n) is 5.83. The Kier molecular flexibility index (Phi) is 6.82. The van der Waals surface area contributed by atoms with Crippen molar-refractivity contribution < 1.29 is 13.5 Å². The molecule has 0 radical (unpaired) electrons. The van der Waals surface area contributed by atoms with Crippen LogP contribution in [0.1, 0.15) is 71.9 Å². The first-order chi connectivity index (χ1) is 14.8. The SMILES string of the molecule is CC(C)(C)c1cc(N=Nc2ccc(S(=O)(=O)N3CCCCC3)cc2)c(O)c(C(C)(C)C)c1. The van der Waals surface area contributed by atoms with Gasteiger partial charge in [0, 0.05) is 18.7 Å². The molecule has 6 nitrogen and oxygen atoms in total. The van der Waals surface area contributed by atoms with Crippen molar-refractivity contribution in [1.29, 1.82) is 0 Å². The lowest BCUT2D eigenvalue weighted by Gasteiger charge is -2.26. The second-order valence-corrected chi connectivity index (χ2v) is 12.5. The first-order valence-corrected chi connectivity index (χ1v) is 12.6. The van der Waals surface area contributed by atoms with Gasteiger partial charge in [0.15, 0.2) is 0 Å². The molecule has 0 amide bonds. The summed E-state index contributed by atoms with van der Waals surface area (Å²) in [7, 11) is -3.48. The van der Waals surface area contributed by atoms with Gasteiger partial charge >= 0.3 is 0 Å². The van der Waals surface area contributed by atoms with Crippen LogP contribution in [0.25, 0.3) is 0 Å². The van der Waals surface area contributed by atoms with E-state index < -0.39 is 10.0 Å². The molecule has 1 fully saturated rings. The molecule has 1 aliphatic heterocycles. The smallest absolute Gasteiger partial charge is 0.243 e. The number of rotatable bonds is 4. The third kappa shape index (κ3) is 5.38. The number of azo groups is 1. The van der Waals surface area contributed by atoms with E-state index in [2.05, 4.69) is 51.8 Å². The maximum atomic E-state index is 12.8. The summed E-state index contributed by atoms with van der Waals surface area (Å²) < 4.78 is 27.2. The summed E-state index contributed by atoms with van der Waals surface area (Å²) in [5.74, 6) is 0.124. The van der Waals surface area contributed by atoms with Gasteiger partial charge in [-0.3, -0.25) is 0 Å². The zero-order chi connectivity index (χ0) is 23.7. The summed E-state index contributed by atoms with van der Waals surface area (Å²) >= 11 is 0. The normalized spacial score (nSPS) is 16.6. The largest absolute Gasteiger partial charge is 0.505 e. The number of sulfonamides is 1. The molecule has 1 aliphatic rings. The Labute approximate surface area is 192 Å². The number of piperidine rings is 1. The van der Waals surface area contributed by atoms with Crippen molar-refractivity contribution in [1.82, 2.24) is 4.31 Å². The van der Waals surface area contributed by atoms with Gasteiger partial charge in [-0.05, 0) is 59.6 Å². The first-order valence-electron chi connectivity index (χ1n) is 11.2. The van der Waals surface area contributed by atoms with Crippen molar-refractivity contribution >= 4 is 21.4 Å². The maximum Gasteiger partial charge on any atom is 0.243 e. The van der Waals surface area contributed by atoms with Crippen LogP contribution in [0.3, 0.4) is 0 Å². The molecule has 7 heteroatoms. The molecule has 0 aromatic heterocycles. The fraction of sp³-hybridized carbons (Fsp3) is 0.520. The van der Waals surface area contributed by atoms with Crippen LogP contribution in [0.5, 0.6) is 5.75 Å². The molecule has 0 bridgehead atoms. The van der Waals surface area contributed by atoms with E-state index in [0.29, 0.717) is 24.5 Å². The molecule has 2 aromatic rings. The molecule has 0 spiro atoms. The quantitative estimate of drug-likeness (QED) is 0.527. The van der Waals surface area contributed by atoms with E-state index in [1.165, 1.54) is 0 Å². The molecule has 1 saturated heterocycles. The fourth-order valence-corrected chi connectivity index (χ4v) is 5.27. The van der Waals surface area contributed by atoms with Crippen LogP contribution >= 0.6 is 0 Å². The second kappa shape index (κ2) is 8.94. The van der Waals surface area contributed by atoms with Crippen LogP contribution in [0.2, 0.25) is 0 Å². The Morgan fingerprint density at radius 2 is 1.44 bits per heavy atom. The Hall–Kier alpha value is -2.25. The van der Waals surface area contributed by atoms with Gasteiger partial charge in [-0.1, -0.05) is 54.0 Å². The minimum atomic E-state index is -3.48. The molecule has 1 heterocycles.